The van der Waals surface area contributed by atoms with Crippen LogP contribution in [0.25, 0.3) is 5.57 Å². The van der Waals surface area contributed by atoms with E-state index in [1.54, 1.807) is 25.1 Å². The van der Waals surface area contributed by atoms with Crippen molar-refractivity contribution in [1.82, 2.24) is 4.98 Å². The third-order valence-electron chi connectivity index (χ3n) is 2.92. The SMILES string of the molecule is COc1ccc(SCc2cnc(/C(C(C)=O)=C(/C)O)s2)cc1. The van der Waals surface area contributed by atoms with Gasteiger partial charge in [0.2, 0.25) is 0 Å². The monoisotopic (exact) mass is 335 g/mol. The summed E-state index contributed by atoms with van der Waals surface area (Å²) in [4.78, 5) is 18.0. The molecule has 0 aliphatic rings. The topological polar surface area (TPSA) is 59.4 Å². The number of methoxy groups -OCH3 is 1. The molecule has 22 heavy (non-hydrogen) atoms. The zero-order valence-corrected chi connectivity index (χ0v) is 14.3. The first-order valence-corrected chi connectivity index (χ1v) is 8.44. The fourth-order valence-electron chi connectivity index (χ4n) is 1.88. The molecule has 6 heteroatoms. The van der Waals surface area contributed by atoms with Gasteiger partial charge in [-0.1, -0.05) is 0 Å². The Bertz CT molecular complexity index is 686. The second kappa shape index (κ2) is 7.47. The number of hydrogen-bond donors (Lipinski definition) is 1. The fourth-order valence-corrected chi connectivity index (χ4v) is 3.85. The standard InChI is InChI=1S/C16H17NO3S2/c1-10(18)15(11(2)19)16-17-8-14(22-16)9-21-13-6-4-12(20-3)5-7-13/h4-8,18H,9H2,1-3H3/b15-10-. The predicted molar refractivity (Wildman–Crippen MR) is 90.6 cm³/mol. The average molecular weight is 335 g/mol. The summed E-state index contributed by atoms with van der Waals surface area (Å²) in [5.41, 5.74) is 0.297. The highest BCUT2D eigenvalue weighted by molar-refractivity contribution is 7.98. The number of carbonyl (C=O) groups is 1. The van der Waals surface area contributed by atoms with E-state index in [2.05, 4.69) is 4.98 Å². The van der Waals surface area contributed by atoms with Crippen LogP contribution in [0, 0.1) is 0 Å². The molecule has 1 N–H and O–H groups in total. The number of nitrogens with zero attached hydrogens (tertiary/aromatic N) is 1. The number of ketones is 1. The maximum absolute atomic E-state index is 11.6. The van der Waals surface area contributed by atoms with Crippen LogP contribution in [0.4, 0.5) is 0 Å². The van der Waals surface area contributed by atoms with E-state index < -0.39 is 0 Å². The molecule has 0 bridgehead atoms. The quantitative estimate of drug-likeness (QED) is 0.484. The number of thioether (sulfide) groups is 1. The number of rotatable bonds is 6. The Labute approximate surface area is 137 Å². The van der Waals surface area contributed by atoms with Crippen LogP contribution in [-0.2, 0) is 10.5 Å². The summed E-state index contributed by atoms with van der Waals surface area (Å²) in [6, 6.07) is 7.85. The van der Waals surface area contributed by atoms with Gasteiger partial charge in [0, 0.05) is 21.7 Å². The molecule has 1 aromatic carbocycles. The number of allylic oxidation sites excluding steroid dienone is 2. The number of aliphatic hydroxyl groups excluding tert-OH is 1. The number of aliphatic hydroxyl groups is 1. The van der Waals surface area contributed by atoms with Gasteiger partial charge >= 0.3 is 0 Å². The summed E-state index contributed by atoms with van der Waals surface area (Å²) in [6.45, 7) is 2.94. The van der Waals surface area contributed by atoms with Crippen molar-refractivity contribution in [3.8, 4) is 5.75 Å². The Hall–Kier alpha value is -1.79. The van der Waals surface area contributed by atoms with Crippen LogP contribution in [0.3, 0.4) is 0 Å². The van der Waals surface area contributed by atoms with Crippen LogP contribution in [-0.4, -0.2) is 23.0 Å². The molecule has 4 nitrogen and oxygen atoms in total. The van der Waals surface area contributed by atoms with E-state index in [4.69, 9.17) is 4.74 Å². The summed E-state index contributed by atoms with van der Waals surface area (Å²) < 4.78 is 5.13. The average Bonchev–Trinajstić information content (AvgIpc) is 2.93. The van der Waals surface area contributed by atoms with Crippen LogP contribution in [0.1, 0.15) is 23.7 Å². The minimum absolute atomic E-state index is 0.0104. The second-order valence-electron chi connectivity index (χ2n) is 4.61. The van der Waals surface area contributed by atoms with Crippen molar-refractivity contribution >= 4 is 34.5 Å². The Morgan fingerprint density at radius 3 is 2.55 bits per heavy atom. The Balaban J connectivity index is 2.06. The summed E-state index contributed by atoms with van der Waals surface area (Å²) in [6.07, 6.45) is 1.75. The lowest BCUT2D eigenvalue weighted by molar-refractivity contribution is -0.111. The van der Waals surface area contributed by atoms with Gasteiger partial charge in [-0.05, 0) is 38.1 Å². The number of hydrogen-bond acceptors (Lipinski definition) is 6. The number of Topliss-reactive ketones (excluding diaryl/α,β-unsaturated/α-hetero) is 1. The van der Waals surface area contributed by atoms with E-state index in [-0.39, 0.29) is 11.5 Å². The first kappa shape index (κ1) is 16.6. The number of aromatic nitrogens is 1. The molecule has 0 fully saturated rings. The maximum atomic E-state index is 11.6. The minimum atomic E-state index is -0.177. The lowest BCUT2D eigenvalue weighted by Crippen LogP contribution is -1.98. The molecule has 2 aromatic rings. The highest BCUT2D eigenvalue weighted by Crippen LogP contribution is 2.30. The molecule has 0 spiro atoms. The van der Waals surface area contributed by atoms with Crippen molar-refractivity contribution in [2.24, 2.45) is 0 Å². The van der Waals surface area contributed by atoms with Crippen molar-refractivity contribution in [1.29, 1.82) is 0 Å². The molecule has 0 aliphatic carbocycles. The normalized spacial score (nSPS) is 12.0. The second-order valence-corrected chi connectivity index (χ2v) is 6.78. The third kappa shape index (κ3) is 4.11. The molecule has 0 saturated heterocycles. The summed E-state index contributed by atoms with van der Waals surface area (Å²) in [7, 11) is 1.64. The minimum Gasteiger partial charge on any atom is -0.512 e. The van der Waals surface area contributed by atoms with E-state index in [0.717, 1.165) is 21.3 Å². The van der Waals surface area contributed by atoms with E-state index >= 15 is 0 Å². The summed E-state index contributed by atoms with van der Waals surface area (Å²) in [5.74, 6) is 1.43. The molecule has 1 aromatic heterocycles. The lowest BCUT2D eigenvalue weighted by atomic mass is 10.2. The fraction of sp³-hybridized carbons (Fsp3) is 0.250. The predicted octanol–water partition coefficient (Wildman–Crippen LogP) is 4.32. The van der Waals surface area contributed by atoms with Gasteiger partial charge in [0.05, 0.1) is 12.7 Å². The highest BCUT2D eigenvalue weighted by Gasteiger charge is 2.15. The van der Waals surface area contributed by atoms with Gasteiger partial charge in [-0.15, -0.1) is 23.1 Å². The van der Waals surface area contributed by atoms with Crippen molar-refractivity contribution < 1.29 is 14.6 Å². The molecule has 0 unspecified atom stereocenters. The van der Waals surface area contributed by atoms with Crippen molar-refractivity contribution in [2.45, 2.75) is 24.5 Å². The zero-order valence-electron chi connectivity index (χ0n) is 12.6. The lowest BCUT2D eigenvalue weighted by Gasteiger charge is -2.02. The first-order valence-electron chi connectivity index (χ1n) is 6.64. The van der Waals surface area contributed by atoms with Gasteiger partial charge in [0.1, 0.15) is 16.5 Å². The van der Waals surface area contributed by atoms with E-state index in [0.29, 0.717) is 10.6 Å². The van der Waals surface area contributed by atoms with Crippen molar-refractivity contribution in [2.75, 3.05) is 7.11 Å². The largest absolute Gasteiger partial charge is 0.512 e. The Morgan fingerprint density at radius 2 is 2.00 bits per heavy atom. The first-order chi connectivity index (χ1) is 10.5. The van der Waals surface area contributed by atoms with Crippen LogP contribution in [0.15, 0.2) is 41.1 Å². The van der Waals surface area contributed by atoms with Crippen molar-refractivity contribution in [3.05, 3.63) is 46.1 Å². The van der Waals surface area contributed by atoms with Crippen LogP contribution < -0.4 is 4.74 Å². The molecule has 0 atom stereocenters. The molecule has 2 rings (SSSR count). The van der Waals surface area contributed by atoms with E-state index in [1.807, 2.05) is 24.3 Å². The van der Waals surface area contributed by atoms with Crippen molar-refractivity contribution in [3.63, 3.8) is 0 Å². The molecular weight excluding hydrogens is 318 g/mol. The number of carbonyl (C=O) groups excluding carboxylic acids is 1. The zero-order chi connectivity index (χ0) is 16.1. The highest BCUT2D eigenvalue weighted by atomic mass is 32.2. The van der Waals surface area contributed by atoms with E-state index in [1.165, 1.54) is 25.2 Å². The van der Waals surface area contributed by atoms with E-state index in [9.17, 15) is 9.90 Å². The smallest absolute Gasteiger partial charge is 0.166 e. The van der Waals surface area contributed by atoms with Gasteiger partial charge in [0.25, 0.3) is 0 Å². The maximum Gasteiger partial charge on any atom is 0.166 e. The third-order valence-corrected chi connectivity index (χ3v) is 5.18. The number of thiazole rings is 1. The van der Waals surface area contributed by atoms with Gasteiger partial charge in [0.15, 0.2) is 5.78 Å². The molecule has 116 valence electrons. The van der Waals surface area contributed by atoms with Crippen LogP contribution in [0.5, 0.6) is 5.75 Å². The molecule has 0 aliphatic heterocycles. The molecule has 1 heterocycles. The molecule has 0 radical (unpaired) electrons. The summed E-state index contributed by atoms with van der Waals surface area (Å²) >= 11 is 3.12. The Kier molecular flexibility index (Phi) is 5.63. The number of benzene rings is 1. The van der Waals surface area contributed by atoms with Crippen LogP contribution >= 0.6 is 23.1 Å². The molecule has 0 amide bonds. The molecular formula is C16H17NO3S2. The molecule has 0 saturated carbocycles. The number of ether oxygens (including phenoxy) is 1. The van der Waals surface area contributed by atoms with Gasteiger partial charge in [-0.25, -0.2) is 4.98 Å². The van der Waals surface area contributed by atoms with Gasteiger partial charge < -0.3 is 9.84 Å². The van der Waals surface area contributed by atoms with Gasteiger partial charge in [-0.2, -0.15) is 0 Å². The van der Waals surface area contributed by atoms with Crippen LogP contribution in [0.2, 0.25) is 0 Å². The summed E-state index contributed by atoms with van der Waals surface area (Å²) in [5, 5.41) is 10.2. The van der Waals surface area contributed by atoms with Gasteiger partial charge in [-0.3, -0.25) is 4.79 Å². The Morgan fingerprint density at radius 1 is 1.32 bits per heavy atom.